The summed E-state index contributed by atoms with van der Waals surface area (Å²) in [6, 6.07) is 7.53. The number of nitrogens with zero attached hydrogens (tertiary/aromatic N) is 1. The topological polar surface area (TPSA) is 80.0 Å². The lowest BCUT2D eigenvalue weighted by molar-refractivity contribution is 0.0944. The van der Waals surface area contributed by atoms with E-state index in [2.05, 4.69) is 28.1 Å². The number of nitrogens with one attached hydrogen (secondary N) is 2. The number of thiazole rings is 1. The minimum Gasteiger partial charge on any atom is -0.375 e. The molecule has 0 aliphatic heterocycles. The molecule has 2 aromatic rings. The zero-order valence-corrected chi connectivity index (χ0v) is 9.69. The lowest BCUT2D eigenvalue weighted by Gasteiger charge is -2.02. The van der Waals surface area contributed by atoms with E-state index in [1.54, 1.807) is 0 Å². The van der Waals surface area contributed by atoms with Crippen molar-refractivity contribution in [1.29, 1.82) is 0 Å². The van der Waals surface area contributed by atoms with Crippen LogP contribution in [0.3, 0.4) is 0 Å². The fraction of sp³-hybridized carbons (Fsp3) is 0. The molecule has 0 fully saturated rings. The van der Waals surface area contributed by atoms with Gasteiger partial charge < -0.3 is 5.73 Å². The Balaban J connectivity index is 2.20. The number of para-hydroxylation sites is 1. The fourth-order valence-electron chi connectivity index (χ4n) is 1.14. The van der Waals surface area contributed by atoms with Crippen molar-refractivity contribution in [2.24, 2.45) is 5.73 Å². The third kappa shape index (κ3) is 2.26. The maximum atomic E-state index is 11.6. The summed E-state index contributed by atoms with van der Waals surface area (Å²) in [5.74, 6) is -0.353. The van der Waals surface area contributed by atoms with E-state index in [0.717, 1.165) is 10.2 Å². The fourth-order valence-corrected chi connectivity index (χ4v) is 2.05. The van der Waals surface area contributed by atoms with Crippen LogP contribution >= 0.6 is 23.6 Å². The van der Waals surface area contributed by atoms with Crippen LogP contribution in [0.25, 0.3) is 10.2 Å². The number of amides is 1. The van der Waals surface area contributed by atoms with Gasteiger partial charge in [-0.2, -0.15) is 0 Å². The molecule has 5 nitrogen and oxygen atoms in total. The van der Waals surface area contributed by atoms with Crippen molar-refractivity contribution >= 4 is 44.8 Å². The molecule has 0 atom stereocenters. The number of nitrogens with two attached hydrogens (primary N) is 1. The standard InChI is InChI=1S/C9H8N4OS2/c10-9(15)13-12-7(14)8-11-5-3-1-2-4-6(5)16-8/h1-4H,(H,12,14)(H3,10,13,15). The van der Waals surface area contributed by atoms with Crippen molar-refractivity contribution in [2.45, 2.75) is 0 Å². The first-order valence-corrected chi connectivity index (χ1v) is 5.60. The van der Waals surface area contributed by atoms with Crippen molar-refractivity contribution in [3.8, 4) is 0 Å². The first-order chi connectivity index (χ1) is 7.66. The highest BCUT2D eigenvalue weighted by atomic mass is 32.1. The van der Waals surface area contributed by atoms with Crippen molar-refractivity contribution in [1.82, 2.24) is 15.8 Å². The molecule has 0 saturated carbocycles. The number of benzene rings is 1. The summed E-state index contributed by atoms with van der Waals surface area (Å²) in [6.07, 6.45) is 0. The summed E-state index contributed by atoms with van der Waals surface area (Å²) in [4.78, 5) is 15.8. The number of thiocarbonyl (C=S) groups is 1. The van der Waals surface area contributed by atoms with Gasteiger partial charge in [0.1, 0.15) is 0 Å². The van der Waals surface area contributed by atoms with Crippen molar-refractivity contribution < 1.29 is 4.79 Å². The Labute approximate surface area is 101 Å². The molecule has 0 unspecified atom stereocenters. The van der Waals surface area contributed by atoms with E-state index in [-0.39, 0.29) is 11.0 Å². The first-order valence-electron chi connectivity index (χ1n) is 4.38. The van der Waals surface area contributed by atoms with Crippen molar-refractivity contribution in [3.63, 3.8) is 0 Å². The molecule has 1 aromatic heterocycles. The average Bonchev–Trinajstić information content (AvgIpc) is 2.69. The van der Waals surface area contributed by atoms with Gasteiger partial charge in [-0.1, -0.05) is 12.1 Å². The summed E-state index contributed by atoms with van der Waals surface area (Å²) in [5, 5.41) is 0.374. The quantitative estimate of drug-likeness (QED) is 0.516. The summed E-state index contributed by atoms with van der Waals surface area (Å²) < 4.78 is 0.961. The van der Waals surface area contributed by atoms with Gasteiger partial charge in [-0.25, -0.2) is 4.98 Å². The van der Waals surface area contributed by atoms with E-state index < -0.39 is 0 Å². The van der Waals surface area contributed by atoms with Gasteiger partial charge in [0.2, 0.25) is 0 Å². The third-order valence-corrected chi connectivity index (χ3v) is 2.92. The number of fused-ring (bicyclic) bond motifs is 1. The molecule has 0 aliphatic rings. The molecule has 7 heteroatoms. The van der Waals surface area contributed by atoms with E-state index in [4.69, 9.17) is 5.73 Å². The van der Waals surface area contributed by atoms with Crippen LogP contribution in [0.2, 0.25) is 0 Å². The van der Waals surface area contributed by atoms with E-state index in [0.29, 0.717) is 5.01 Å². The van der Waals surface area contributed by atoms with Gasteiger partial charge >= 0.3 is 0 Å². The second-order valence-electron chi connectivity index (χ2n) is 2.93. The van der Waals surface area contributed by atoms with Crippen LogP contribution in [-0.2, 0) is 0 Å². The third-order valence-electron chi connectivity index (χ3n) is 1.79. The van der Waals surface area contributed by atoms with Gasteiger partial charge in [-0.15, -0.1) is 11.3 Å². The number of rotatable bonds is 1. The molecule has 2 rings (SSSR count). The molecule has 82 valence electrons. The Hall–Kier alpha value is -1.73. The smallest absolute Gasteiger partial charge is 0.298 e. The Morgan fingerprint density at radius 1 is 1.38 bits per heavy atom. The minimum atomic E-state index is -0.353. The predicted octanol–water partition coefficient (Wildman–Crippen LogP) is 0.774. The molecule has 0 bridgehead atoms. The van der Waals surface area contributed by atoms with Gasteiger partial charge in [0.25, 0.3) is 5.91 Å². The molecular formula is C9H8N4OS2. The molecule has 1 heterocycles. The second-order valence-corrected chi connectivity index (χ2v) is 4.40. The molecule has 0 radical (unpaired) electrons. The summed E-state index contributed by atoms with van der Waals surface area (Å²) in [5.41, 5.74) is 10.7. The lowest BCUT2D eigenvalue weighted by Crippen LogP contribution is -2.44. The Kier molecular flexibility index (Phi) is 2.97. The zero-order valence-electron chi connectivity index (χ0n) is 8.06. The average molecular weight is 252 g/mol. The summed E-state index contributed by atoms with van der Waals surface area (Å²) >= 11 is 5.87. The largest absolute Gasteiger partial charge is 0.375 e. The van der Waals surface area contributed by atoms with Gasteiger partial charge in [-0.3, -0.25) is 15.6 Å². The van der Waals surface area contributed by atoms with Crippen molar-refractivity contribution in [3.05, 3.63) is 29.3 Å². The number of hydrazine groups is 1. The Morgan fingerprint density at radius 2 is 2.12 bits per heavy atom. The minimum absolute atomic E-state index is 0.00876. The first kappa shape index (κ1) is 10.8. The highest BCUT2D eigenvalue weighted by Gasteiger charge is 2.11. The maximum Gasteiger partial charge on any atom is 0.298 e. The van der Waals surface area contributed by atoms with Crippen molar-refractivity contribution in [2.75, 3.05) is 0 Å². The van der Waals surface area contributed by atoms with E-state index >= 15 is 0 Å². The van der Waals surface area contributed by atoms with E-state index in [1.807, 2.05) is 24.3 Å². The second kappa shape index (κ2) is 4.42. The normalized spacial score (nSPS) is 10.0. The van der Waals surface area contributed by atoms with Crippen LogP contribution in [0.5, 0.6) is 0 Å². The number of carbonyl (C=O) groups is 1. The Bertz CT molecular complexity index is 518. The molecule has 4 N–H and O–H groups in total. The molecule has 1 amide bonds. The highest BCUT2D eigenvalue weighted by Crippen LogP contribution is 2.20. The van der Waals surface area contributed by atoms with Gasteiger partial charge in [0.15, 0.2) is 10.1 Å². The van der Waals surface area contributed by atoms with E-state index in [9.17, 15) is 4.79 Å². The Morgan fingerprint density at radius 3 is 2.81 bits per heavy atom. The van der Waals surface area contributed by atoms with Gasteiger partial charge in [0.05, 0.1) is 10.2 Å². The lowest BCUT2D eigenvalue weighted by atomic mass is 10.3. The predicted molar refractivity (Wildman–Crippen MR) is 67.0 cm³/mol. The molecule has 0 saturated heterocycles. The number of hydrogen-bond donors (Lipinski definition) is 3. The van der Waals surface area contributed by atoms with Crippen LogP contribution in [0.1, 0.15) is 9.80 Å². The van der Waals surface area contributed by atoms with Gasteiger partial charge in [0, 0.05) is 0 Å². The zero-order chi connectivity index (χ0) is 11.5. The molecule has 16 heavy (non-hydrogen) atoms. The maximum absolute atomic E-state index is 11.6. The van der Waals surface area contributed by atoms with Crippen LogP contribution in [0, 0.1) is 0 Å². The number of carbonyl (C=O) groups excluding carboxylic acids is 1. The number of aromatic nitrogens is 1. The van der Waals surface area contributed by atoms with Crippen LogP contribution in [0.15, 0.2) is 24.3 Å². The molecule has 1 aromatic carbocycles. The van der Waals surface area contributed by atoms with Gasteiger partial charge in [-0.05, 0) is 24.4 Å². The molecule has 0 spiro atoms. The van der Waals surface area contributed by atoms with Crippen LogP contribution in [0.4, 0.5) is 0 Å². The SMILES string of the molecule is NC(=S)NNC(=O)c1nc2ccccc2s1. The summed E-state index contributed by atoms with van der Waals surface area (Å²) in [6.45, 7) is 0. The molecule has 0 aliphatic carbocycles. The summed E-state index contributed by atoms with van der Waals surface area (Å²) in [7, 11) is 0. The van der Waals surface area contributed by atoms with E-state index in [1.165, 1.54) is 11.3 Å². The molecular weight excluding hydrogens is 244 g/mol. The van der Waals surface area contributed by atoms with Crippen LogP contribution < -0.4 is 16.6 Å². The van der Waals surface area contributed by atoms with Crippen LogP contribution in [-0.4, -0.2) is 16.0 Å². The monoisotopic (exact) mass is 252 g/mol. The highest BCUT2D eigenvalue weighted by molar-refractivity contribution is 7.80. The number of hydrogen-bond acceptors (Lipinski definition) is 4.